The van der Waals surface area contributed by atoms with Gasteiger partial charge in [-0.3, -0.25) is 4.90 Å². The van der Waals surface area contributed by atoms with Gasteiger partial charge in [0.2, 0.25) is 0 Å². The van der Waals surface area contributed by atoms with Crippen molar-refractivity contribution in [3.8, 4) is 5.75 Å². The normalized spacial score (nSPS) is 16.7. The van der Waals surface area contributed by atoms with E-state index in [-0.39, 0.29) is 0 Å². The molecule has 3 rings (SSSR count). The first-order valence-corrected chi connectivity index (χ1v) is 8.66. The molecule has 0 amide bonds. The molecule has 1 aliphatic rings. The number of methoxy groups -OCH3 is 1. The van der Waals surface area contributed by atoms with Crippen molar-refractivity contribution >= 4 is 6.08 Å². The van der Waals surface area contributed by atoms with Crippen molar-refractivity contribution in [2.75, 3.05) is 33.3 Å². The van der Waals surface area contributed by atoms with Crippen LogP contribution >= 0.6 is 0 Å². The van der Waals surface area contributed by atoms with Crippen molar-refractivity contribution in [3.05, 3.63) is 60.1 Å². The summed E-state index contributed by atoms with van der Waals surface area (Å²) in [6.45, 7) is 4.03. The maximum Gasteiger partial charge on any atom is 0.126 e. The standard InChI is InChI=1S/C20H26N2O2/c1-23-19-10-3-2-8-17(19)9-6-12-21-16-18(20-11-7-15-24-20)22-13-4-5-14-22/h2-3,6-11,15,18,21H,4-5,12-14,16H2,1H3/b9-6+. The van der Waals surface area contributed by atoms with Gasteiger partial charge in [0.25, 0.3) is 0 Å². The Morgan fingerprint density at radius 3 is 2.79 bits per heavy atom. The van der Waals surface area contributed by atoms with E-state index in [2.05, 4.69) is 34.5 Å². The van der Waals surface area contributed by atoms with Crippen LogP contribution < -0.4 is 10.1 Å². The van der Waals surface area contributed by atoms with E-state index < -0.39 is 0 Å². The monoisotopic (exact) mass is 326 g/mol. The quantitative estimate of drug-likeness (QED) is 0.750. The average Bonchev–Trinajstić information content (AvgIpc) is 3.32. The summed E-state index contributed by atoms with van der Waals surface area (Å²) in [6.07, 6.45) is 8.57. The molecule has 1 aromatic carbocycles. The SMILES string of the molecule is COc1ccccc1/C=C/CNCC(c1ccco1)N1CCCC1. The Morgan fingerprint density at radius 2 is 2.04 bits per heavy atom. The van der Waals surface area contributed by atoms with Crippen LogP contribution in [0.2, 0.25) is 0 Å². The van der Waals surface area contributed by atoms with Crippen molar-refractivity contribution in [3.63, 3.8) is 0 Å². The van der Waals surface area contributed by atoms with Gasteiger partial charge in [-0.2, -0.15) is 0 Å². The second-order valence-corrected chi connectivity index (χ2v) is 6.08. The van der Waals surface area contributed by atoms with Gasteiger partial charge in [-0.05, 0) is 44.1 Å². The third-order valence-electron chi connectivity index (χ3n) is 4.49. The Balaban J connectivity index is 1.53. The molecule has 1 N–H and O–H groups in total. The Morgan fingerprint density at radius 1 is 1.21 bits per heavy atom. The molecule has 1 unspecified atom stereocenters. The van der Waals surface area contributed by atoms with E-state index in [0.717, 1.165) is 43.3 Å². The Hall–Kier alpha value is -2.04. The van der Waals surface area contributed by atoms with Crippen molar-refractivity contribution in [1.82, 2.24) is 10.2 Å². The number of furan rings is 1. The van der Waals surface area contributed by atoms with Gasteiger partial charge in [0.15, 0.2) is 0 Å². The summed E-state index contributed by atoms with van der Waals surface area (Å²) in [5, 5.41) is 3.53. The molecule has 0 spiro atoms. The highest BCUT2D eigenvalue weighted by Crippen LogP contribution is 2.24. The van der Waals surface area contributed by atoms with Gasteiger partial charge in [0.05, 0.1) is 19.4 Å². The fourth-order valence-corrected chi connectivity index (χ4v) is 3.24. The maximum atomic E-state index is 5.65. The molecule has 1 fully saturated rings. The minimum absolute atomic E-state index is 0.321. The zero-order valence-electron chi connectivity index (χ0n) is 14.3. The third kappa shape index (κ3) is 4.28. The first kappa shape index (κ1) is 16.8. The Kier molecular flexibility index (Phi) is 6.10. The molecule has 24 heavy (non-hydrogen) atoms. The smallest absolute Gasteiger partial charge is 0.126 e. The van der Waals surface area contributed by atoms with Crippen LogP contribution in [0.15, 0.2) is 53.2 Å². The van der Waals surface area contributed by atoms with E-state index >= 15 is 0 Å². The van der Waals surface area contributed by atoms with Gasteiger partial charge in [0, 0.05) is 18.7 Å². The molecular weight excluding hydrogens is 300 g/mol. The lowest BCUT2D eigenvalue weighted by Crippen LogP contribution is -2.34. The van der Waals surface area contributed by atoms with E-state index in [4.69, 9.17) is 9.15 Å². The molecule has 1 saturated heterocycles. The number of nitrogens with one attached hydrogen (secondary N) is 1. The lowest BCUT2D eigenvalue weighted by Gasteiger charge is -2.25. The predicted molar refractivity (Wildman–Crippen MR) is 97.2 cm³/mol. The second-order valence-electron chi connectivity index (χ2n) is 6.08. The molecule has 2 aromatic rings. The van der Waals surface area contributed by atoms with Crippen LogP contribution in [0.5, 0.6) is 5.75 Å². The Labute approximate surface area is 144 Å². The minimum atomic E-state index is 0.321. The zero-order chi connectivity index (χ0) is 16.6. The van der Waals surface area contributed by atoms with Gasteiger partial charge < -0.3 is 14.5 Å². The average molecular weight is 326 g/mol. The molecule has 0 saturated carbocycles. The van der Waals surface area contributed by atoms with Crippen molar-refractivity contribution in [2.24, 2.45) is 0 Å². The summed E-state index contributed by atoms with van der Waals surface area (Å²) < 4.78 is 11.0. The van der Waals surface area contributed by atoms with E-state index in [1.165, 1.54) is 12.8 Å². The molecule has 1 aromatic heterocycles. The van der Waals surface area contributed by atoms with Crippen LogP contribution in [0.1, 0.15) is 30.2 Å². The zero-order valence-corrected chi connectivity index (χ0v) is 14.3. The van der Waals surface area contributed by atoms with Crippen molar-refractivity contribution in [2.45, 2.75) is 18.9 Å². The number of nitrogens with zero attached hydrogens (tertiary/aromatic N) is 1. The number of hydrogen-bond acceptors (Lipinski definition) is 4. The second kappa shape index (κ2) is 8.71. The number of benzene rings is 1. The van der Waals surface area contributed by atoms with Crippen LogP contribution in [0, 0.1) is 0 Å². The van der Waals surface area contributed by atoms with Crippen LogP contribution in [0.4, 0.5) is 0 Å². The number of likely N-dealkylation sites (tertiary alicyclic amines) is 1. The highest BCUT2D eigenvalue weighted by atomic mass is 16.5. The highest BCUT2D eigenvalue weighted by Gasteiger charge is 2.24. The van der Waals surface area contributed by atoms with E-state index in [0.29, 0.717) is 6.04 Å². The fourth-order valence-electron chi connectivity index (χ4n) is 3.24. The van der Waals surface area contributed by atoms with Crippen molar-refractivity contribution in [1.29, 1.82) is 0 Å². The predicted octanol–water partition coefficient (Wildman–Crippen LogP) is 3.73. The molecular formula is C20H26N2O2. The summed E-state index contributed by atoms with van der Waals surface area (Å²) in [5.41, 5.74) is 1.10. The first-order chi connectivity index (χ1) is 11.9. The molecule has 4 nitrogen and oxygen atoms in total. The Bertz CT molecular complexity index is 631. The van der Waals surface area contributed by atoms with Crippen molar-refractivity contribution < 1.29 is 9.15 Å². The number of ether oxygens (including phenoxy) is 1. The molecule has 4 heteroatoms. The first-order valence-electron chi connectivity index (χ1n) is 8.66. The van der Waals surface area contributed by atoms with Crippen LogP contribution in [-0.4, -0.2) is 38.2 Å². The molecule has 0 bridgehead atoms. The summed E-state index contributed by atoms with van der Waals surface area (Å²) in [5.74, 6) is 1.96. The van der Waals surface area contributed by atoms with Crippen LogP contribution in [0.25, 0.3) is 6.08 Å². The summed E-state index contributed by atoms with van der Waals surface area (Å²) in [7, 11) is 1.70. The summed E-state index contributed by atoms with van der Waals surface area (Å²) in [4.78, 5) is 2.51. The largest absolute Gasteiger partial charge is 0.496 e. The van der Waals surface area contributed by atoms with Gasteiger partial charge in [-0.25, -0.2) is 0 Å². The molecule has 1 aliphatic heterocycles. The molecule has 2 heterocycles. The molecule has 0 aliphatic carbocycles. The number of para-hydroxylation sites is 1. The minimum Gasteiger partial charge on any atom is -0.496 e. The lowest BCUT2D eigenvalue weighted by molar-refractivity contribution is 0.211. The fraction of sp³-hybridized carbons (Fsp3) is 0.400. The van der Waals surface area contributed by atoms with Gasteiger partial charge in [-0.1, -0.05) is 30.4 Å². The lowest BCUT2D eigenvalue weighted by atomic mass is 10.2. The van der Waals surface area contributed by atoms with E-state index in [1.54, 1.807) is 13.4 Å². The molecule has 128 valence electrons. The van der Waals surface area contributed by atoms with Gasteiger partial charge in [-0.15, -0.1) is 0 Å². The van der Waals surface area contributed by atoms with Gasteiger partial charge >= 0.3 is 0 Å². The van der Waals surface area contributed by atoms with E-state index in [1.807, 2.05) is 24.3 Å². The topological polar surface area (TPSA) is 37.6 Å². The summed E-state index contributed by atoms with van der Waals surface area (Å²) >= 11 is 0. The molecule has 1 atom stereocenters. The van der Waals surface area contributed by atoms with Crippen LogP contribution in [-0.2, 0) is 0 Å². The maximum absolute atomic E-state index is 5.65. The van der Waals surface area contributed by atoms with Gasteiger partial charge in [0.1, 0.15) is 11.5 Å². The highest BCUT2D eigenvalue weighted by molar-refractivity contribution is 5.57. The summed E-state index contributed by atoms with van der Waals surface area (Å²) in [6, 6.07) is 12.4. The van der Waals surface area contributed by atoms with Crippen LogP contribution in [0.3, 0.4) is 0 Å². The third-order valence-corrected chi connectivity index (χ3v) is 4.49. The number of rotatable bonds is 8. The van der Waals surface area contributed by atoms with E-state index in [9.17, 15) is 0 Å². The number of hydrogen-bond donors (Lipinski definition) is 1. The molecule has 0 radical (unpaired) electrons.